The van der Waals surface area contributed by atoms with E-state index in [9.17, 15) is 9.59 Å². The van der Waals surface area contributed by atoms with Gasteiger partial charge in [0.1, 0.15) is 0 Å². The number of carbonyl (C=O) groups is 2. The molecule has 0 aliphatic carbocycles. The Labute approximate surface area is 183 Å². The summed E-state index contributed by atoms with van der Waals surface area (Å²) >= 11 is 0. The third-order valence-electron chi connectivity index (χ3n) is 5.77. The molecule has 0 radical (unpaired) electrons. The van der Waals surface area contributed by atoms with Gasteiger partial charge in [0.15, 0.2) is 0 Å². The Balaban J connectivity index is 0.00000256. The fourth-order valence-electron chi connectivity index (χ4n) is 4.08. The Hall–Kier alpha value is -2.57. The van der Waals surface area contributed by atoms with Crippen LogP contribution in [0, 0.1) is 0 Å². The van der Waals surface area contributed by atoms with Gasteiger partial charge in [-0.15, -0.1) is 12.4 Å². The SMILES string of the molecule is CCC(=O)N1c2ccccc2[C@H](Nc2ccc(C(=O)NC3CNC3)cc2)C[C@@H]1C.Cl. The summed E-state index contributed by atoms with van der Waals surface area (Å²) in [5, 5.41) is 9.76. The molecule has 0 unspecified atom stereocenters. The molecule has 0 spiro atoms. The van der Waals surface area contributed by atoms with E-state index in [2.05, 4.69) is 28.9 Å². The molecule has 2 aromatic carbocycles. The van der Waals surface area contributed by atoms with E-state index in [1.54, 1.807) is 0 Å². The van der Waals surface area contributed by atoms with E-state index in [1.807, 2.05) is 54.3 Å². The number of hydrogen-bond donors (Lipinski definition) is 3. The smallest absolute Gasteiger partial charge is 0.251 e. The summed E-state index contributed by atoms with van der Waals surface area (Å²) in [6.07, 6.45) is 1.33. The highest BCUT2D eigenvalue weighted by Gasteiger charge is 2.32. The maximum Gasteiger partial charge on any atom is 0.251 e. The normalized spacial score (nSPS) is 20.4. The maximum atomic E-state index is 12.5. The first-order chi connectivity index (χ1) is 14.1. The van der Waals surface area contributed by atoms with E-state index >= 15 is 0 Å². The Morgan fingerprint density at radius 3 is 2.43 bits per heavy atom. The van der Waals surface area contributed by atoms with Gasteiger partial charge in [-0.05, 0) is 49.2 Å². The van der Waals surface area contributed by atoms with Crippen molar-refractivity contribution in [3.05, 3.63) is 59.7 Å². The third-order valence-corrected chi connectivity index (χ3v) is 5.77. The lowest BCUT2D eigenvalue weighted by atomic mass is 9.91. The van der Waals surface area contributed by atoms with Crippen LogP contribution in [0.25, 0.3) is 0 Å². The molecule has 2 heterocycles. The Bertz CT molecular complexity index is 898. The molecule has 160 valence electrons. The van der Waals surface area contributed by atoms with Crippen LogP contribution in [0.4, 0.5) is 11.4 Å². The molecule has 2 aliphatic heterocycles. The van der Waals surface area contributed by atoms with E-state index in [1.165, 1.54) is 0 Å². The van der Waals surface area contributed by atoms with Crippen LogP contribution in [-0.4, -0.2) is 37.0 Å². The average Bonchev–Trinajstić information content (AvgIpc) is 2.70. The molecule has 4 rings (SSSR count). The lowest BCUT2D eigenvalue weighted by molar-refractivity contribution is -0.118. The second-order valence-electron chi connectivity index (χ2n) is 7.86. The summed E-state index contributed by atoms with van der Waals surface area (Å²) < 4.78 is 0. The largest absolute Gasteiger partial charge is 0.378 e. The monoisotopic (exact) mass is 428 g/mol. The first-order valence-electron chi connectivity index (χ1n) is 10.4. The Kier molecular flexibility index (Phi) is 7.00. The van der Waals surface area contributed by atoms with Crippen LogP contribution in [0.15, 0.2) is 48.5 Å². The zero-order valence-electron chi connectivity index (χ0n) is 17.4. The van der Waals surface area contributed by atoms with Crippen LogP contribution in [0.3, 0.4) is 0 Å². The number of halogens is 1. The van der Waals surface area contributed by atoms with Crippen LogP contribution in [0.2, 0.25) is 0 Å². The van der Waals surface area contributed by atoms with E-state index in [0.29, 0.717) is 12.0 Å². The van der Waals surface area contributed by atoms with Gasteiger partial charge in [-0.1, -0.05) is 25.1 Å². The van der Waals surface area contributed by atoms with Gasteiger partial charge in [-0.2, -0.15) is 0 Å². The quantitative estimate of drug-likeness (QED) is 0.681. The van der Waals surface area contributed by atoms with Gasteiger partial charge in [0.25, 0.3) is 5.91 Å². The lowest BCUT2D eigenvalue weighted by Crippen LogP contribution is -2.56. The van der Waals surface area contributed by atoms with Crippen LogP contribution in [0.1, 0.15) is 48.7 Å². The van der Waals surface area contributed by atoms with Crippen LogP contribution < -0.4 is 20.9 Å². The highest BCUT2D eigenvalue weighted by molar-refractivity contribution is 5.96. The second kappa shape index (κ2) is 9.49. The van der Waals surface area contributed by atoms with E-state index in [4.69, 9.17) is 0 Å². The number of nitrogens with zero attached hydrogens (tertiary/aromatic N) is 1. The molecule has 1 fully saturated rings. The van der Waals surface area contributed by atoms with Crippen molar-refractivity contribution in [3.8, 4) is 0 Å². The molecule has 0 aromatic heterocycles. The topological polar surface area (TPSA) is 73.5 Å². The molecule has 2 amide bonds. The number of carbonyl (C=O) groups excluding carboxylic acids is 2. The van der Waals surface area contributed by atoms with Gasteiger partial charge in [-0.25, -0.2) is 0 Å². The van der Waals surface area contributed by atoms with Gasteiger partial charge in [0.05, 0.1) is 12.1 Å². The highest BCUT2D eigenvalue weighted by Crippen LogP contribution is 2.39. The van der Waals surface area contributed by atoms with Crippen LogP contribution >= 0.6 is 12.4 Å². The molecular formula is C23H29ClN4O2. The number of amides is 2. The number of para-hydroxylation sites is 1. The van der Waals surface area contributed by atoms with E-state index in [0.717, 1.165) is 36.4 Å². The summed E-state index contributed by atoms with van der Waals surface area (Å²) in [6.45, 7) is 5.67. The fraction of sp³-hybridized carbons (Fsp3) is 0.391. The third kappa shape index (κ3) is 4.45. The minimum atomic E-state index is -0.0339. The van der Waals surface area contributed by atoms with Crippen molar-refractivity contribution in [2.24, 2.45) is 0 Å². The van der Waals surface area contributed by atoms with Gasteiger partial charge in [0.2, 0.25) is 5.91 Å². The molecule has 30 heavy (non-hydrogen) atoms. The minimum absolute atomic E-state index is 0. The number of fused-ring (bicyclic) bond motifs is 1. The number of rotatable bonds is 5. The van der Waals surface area contributed by atoms with Crippen molar-refractivity contribution >= 4 is 35.6 Å². The minimum Gasteiger partial charge on any atom is -0.378 e. The summed E-state index contributed by atoms with van der Waals surface area (Å²) in [5.41, 5.74) is 3.75. The summed E-state index contributed by atoms with van der Waals surface area (Å²) in [7, 11) is 0. The predicted octanol–water partition coefficient (Wildman–Crippen LogP) is 3.50. The second-order valence-corrected chi connectivity index (χ2v) is 7.86. The molecule has 0 saturated carbocycles. The lowest BCUT2D eigenvalue weighted by Gasteiger charge is -2.40. The van der Waals surface area contributed by atoms with Crippen LogP contribution in [0.5, 0.6) is 0 Å². The average molecular weight is 429 g/mol. The van der Waals surface area contributed by atoms with Crippen molar-refractivity contribution in [3.63, 3.8) is 0 Å². The molecule has 2 aliphatic rings. The molecule has 7 heteroatoms. The molecule has 0 bridgehead atoms. The zero-order valence-corrected chi connectivity index (χ0v) is 18.2. The predicted molar refractivity (Wildman–Crippen MR) is 122 cm³/mol. The molecule has 2 aromatic rings. The summed E-state index contributed by atoms with van der Waals surface area (Å²) in [6, 6.07) is 16.2. The maximum absolute atomic E-state index is 12.5. The molecule has 3 N–H and O–H groups in total. The highest BCUT2D eigenvalue weighted by atomic mass is 35.5. The number of nitrogens with one attached hydrogen (secondary N) is 3. The van der Waals surface area contributed by atoms with Gasteiger partial charge < -0.3 is 20.9 Å². The van der Waals surface area contributed by atoms with Crippen molar-refractivity contribution < 1.29 is 9.59 Å². The van der Waals surface area contributed by atoms with Crippen molar-refractivity contribution in [1.29, 1.82) is 0 Å². The van der Waals surface area contributed by atoms with Gasteiger partial charge >= 0.3 is 0 Å². The molecular weight excluding hydrogens is 400 g/mol. The fourth-order valence-corrected chi connectivity index (χ4v) is 4.08. The van der Waals surface area contributed by atoms with Crippen LogP contribution in [-0.2, 0) is 4.79 Å². The standard InChI is InChI=1S/C23H28N4O2.ClH/c1-3-22(28)27-15(2)12-20(19-6-4-5-7-21(19)27)25-17-10-8-16(9-11-17)23(29)26-18-13-24-14-18;/h4-11,15,18,20,24-25H,3,12-14H2,1-2H3,(H,26,29);1H/t15-,20+;/m0./s1. The van der Waals surface area contributed by atoms with Crippen molar-refractivity contribution in [2.45, 2.75) is 44.8 Å². The number of anilines is 2. The summed E-state index contributed by atoms with van der Waals surface area (Å²) in [4.78, 5) is 26.7. The first-order valence-corrected chi connectivity index (χ1v) is 10.4. The molecule has 6 nitrogen and oxygen atoms in total. The zero-order chi connectivity index (χ0) is 20.4. The van der Waals surface area contributed by atoms with E-state index < -0.39 is 0 Å². The molecule has 2 atom stereocenters. The van der Waals surface area contributed by atoms with Gasteiger partial charge in [0, 0.05) is 42.5 Å². The Morgan fingerprint density at radius 2 is 1.80 bits per heavy atom. The number of benzene rings is 2. The van der Waals surface area contributed by atoms with E-state index in [-0.39, 0.29) is 42.3 Å². The first kappa shape index (κ1) is 22.1. The number of hydrogen-bond acceptors (Lipinski definition) is 4. The van der Waals surface area contributed by atoms with Crippen molar-refractivity contribution in [1.82, 2.24) is 10.6 Å². The van der Waals surface area contributed by atoms with Gasteiger partial charge in [-0.3, -0.25) is 9.59 Å². The molecule has 1 saturated heterocycles. The van der Waals surface area contributed by atoms with Crippen molar-refractivity contribution in [2.75, 3.05) is 23.3 Å². The summed E-state index contributed by atoms with van der Waals surface area (Å²) in [5.74, 6) is 0.119. The Morgan fingerprint density at radius 1 is 1.10 bits per heavy atom.